The summed E-state index contributed by atoms with van der Waals surface area (Å²) in [6.45, 7) is 3.74. The molecule has 0 saturated carbocycles. The molecular weight excluding hydrogens is 361 g/mol. The maximum absolute atomic E-state index is 12.6. The van der Waals surface area contributed by atoms with Gasteiger partial charge in [-0.05, 0) is 41.8 Å². The van der Waals surface area contributed by atoms with Gasteiger partial charge in [-0.2, -0.15) is 13.2 Å². The second-order valence-corrected chi connectivity index (χ2v) is 5.91. The van der Waals surface area contributed by atoms with E-state index in [4.69, 9.17) is 0 Å². The summed E-state index contributed by atoms with van der Waals surface area (Å²) in [6, 6.07) is 11.7. The Labute approximate surface area is 154 Å². The molecule has 2 rings (SSSR count). The van der Waals surface area contributed by atoms with Crippen molar-refractivity contribution in [1.29, 1.82) is 0 Å². The van der Waals surface area contributed by atoms with E-state index in [1.165, 1.54) is 12.1 Å². The van der Waals surface area contributed by atoms with Gasteiger partial charge < -0.3 is 15.6 Å². The minimum absolute atomic E-state index is 0.0843. The molecule has 2 aromatic carbocycles. The van der Waals surface area contributed by atoms with E-state index in [-0.39, 0.29) is 17.7 Å². The Hall–Kier alpha value is -2.84. The molecule has 4 N–H and O–H groups in total. The van der Waals surface area contributed by atoms with Crippen molar-refractivity contribution in [3.63, 3.8) is 0 Å². The van der Waals surface area contributed by atoms with Crippen LogP contribution >= 0.6 is 0 Å². The van der Waals surface area contributed by atoms with Crippen LogP contribution in [-0.2, 0) is 11.0 Å². The van der Waals surface area contributed by atoms with E-state index in [0.717, 1.165) is 12.1 Å². The number of carbonyl (C=O) groups is 1. The molecule has 0 fully saturated rings. The van der Waals surface area contributed by atoms with Gasteiger partial charge in [0, 0.05) is 5.69 Å². The molecule has 0 radical (unpaired) electrons. The van der Waals surface area contributed by atoms with Crippen LogP contribution in [0.25, 0.3) is 0 Å². The predicted octanol–water partition coefficient (Wildman–Crippen LogP) is 3.76. The first-order valence-corrected chi connectivity index (χ1v) is 8.00. The van der Waals surface area contributed by atoms with Crippen molar-refractivity contribution in [2.45, 2.75) is 24.7 Å². The molecule has 0 aromatic heterocycles. The Balaban J connectivity index is 1.97. The van der Waals surface area contributed by atoms with Crippen molar-refractivity contribution in [2.75, 3.05) is 5.43 Å². The van der Waals surface area contributed by atoms with Gasteiger partial charge in [0.2, 0.25) is 0 Å². The van der Waals surface area contributed by atoms with Crippen LogP contribution in [0.4, 0.5) is 18.9 Å². The first kappa shape index (κ1) is 20.5. The molecule has 0 amide bonds. The minimum Gasteiger partial charge on any atom is -0.480 e. The van der Waals surface area contributed by atoms with Crippen LogP contribution in [-0.4, -0.2) is 22.2 Å². The van der Waals surface area contributed by atoms with Gasteiger partial charge >= 0.3 is 12.1 Å². The van der Waals surface area contributed by atoms with Crippen molar-refractivity contribution >= 4 is 11.7 Å². The van der Waals surface area contributed by atoms with E-state index in [0.29, 0.717) is 5.56 Å². The average molecular weight is 380 g/mol. The lowest BCUT2D eigenvalue weighted by Gasteiger charge is -2.20. The van der Waals surface area contributed by atoms with E-state index < -0.39 is 29.9 Å². The second-order valence-electron chi connectivity index (χ2n) is 5.91. The summed E-state index contributed by atoms with van der Waals surface area (Å²) in [7, 11) is 0. The van der Waals surface area contributed by atoms with Crippen LogP contribution in [0.5, 0.6) is 0 Å². The Morgan fingerprint density at radius 2 is 1.67 bits per heavy atom. The summed E-state index contributed by atoms with van der Waals surface area (Å²) in [5.74, 6) is -1.20. The van der Waals surface area contributed by atoms with E-state index >= 15 is 0 Å². The van der Waals surface area contributed by atoms with Gasteiger partial charge in [0.05, 0.1) is 11.7 Å². The van der Waals surface area contributed by atoms with Crippen molar-refractivity contribution in [1.82, 2.24) is 5.43 Å². The van der Waals surface area contributed by atoms with Crippen molar-refractivity contribution in [3.8, 4) is 0 Å². The standard InChI is InChI=1S/C19H19F3N2O3/c1-12(17(25)13-5-3-2-4-6-13)11-16(18(26)27)24-23-15-9-7-14(8-10-15)19(20,21)22/h2-10,16-17,23-25H,1,11H2,(H,26,27). The smallest absolute Gasteiger partial charge is 0.416 e. The number of carboxylic acids is 1. The predicted molar refractivity (Wildman–Crippen MR) is 94.8 cm³/mol. The lowest BCUT2D eigenvalue weighted by atomic mass is 9.97. The van der Waals surface area contributed by atoms with E-state index in [1.807, 2.05) is 0 Å². The third kappa shape index (κ3) is 5.83. The third-order valence-electron chi connectivity index (χ3n) is 3.87. The topological polar surface area (TPSA) is 81.6 Å². The lowest BCUT2D eigenvalue weighted by Crippen LogP contribution is -2.41. The molecule has 0 aliphatic carbocycles. The Bertz CT molecular complexity index is 777. The number of carboxylic acid groups (broad SMARTS) is 1. The molecule has 0 aliphatic rings. The molecule has 0 heterocycles. The Morgan fingerprint density at radius 1 is 1.07 bits per heavy atom. The molecule has 0 bridgehead atoms. The number of anilines is 1. The summed E-state index contributed by atoms with van der Waals surface area (Å²) in [5, 5.41) is 19.6. The summed E-state index contributed by atoms with van der Waals surface area (Å²) >= 11 is 0. The summed E-state index contributed by atoms with van der Waals surface area (Å²) < 4.78 is 37.7. The molecular formula is C19H19F3N2O3. The number of benzene rings is 2. The van der Waals surface area contributed by atoms with Crippen molar-refractivity contribution in [3.05, 3.63) is 77.9 Å². The average Bonchev–Trinajstić information content (AvgIpc) is 2.64. The van der Waals surface area contributed by atoms with Crippen LogP contribution < -0.4 is 10.9 Å². The molecule has 27 heavy (non-hydrogen) atoms. The van der Waals surface area contributed by atoms with Gasteiger partial charge in [-0.25, -0.2) is 5.43 Å². The highest BCUT2D eigenvalue weighted by molar-refractivity contribution is 5.74. The molecule has 2 aromatic rings. The molecule has 2 unspecified atom stereocenters. The van der Waals surface area contributed by atoms with Gasteiger partial charge in [0.15, 0.2) is 0 Å². The summed E-state index contributed by atoms with van der Waals surface area (Å²) in [6.07, 6.45) is -5.55. The third-order valence-corrected chi connectivity index (χ3v) is 3.87. The Morgan fingerprint density at radius 3 is 2.19 bits per heavy atom. The van der Waals surface area contributed by atoms with Crippen LogP contribution in [0, 0.1) is 0 Å². The number of aliphatic hydroxyl groups excluding tert-OH is 1. The zero-order valence-electron chi connectivity index (χ0n) is 14.2. The van der Waals surface area contributed by atoms with Crippen LogP contribution in [0.3, 0.4) is 0 Å². The van der Waals surface area contributed by atoms with Crippen LogP contribution in [0.2, 0.25) is 0 Å². The fourth-order valence-corrected chi connectivity index (χ4v) is 2.36. The van der Waals surface area contributed by atoms with Crippen LogP contribution in [0.15, 0.2) is 66.7 Å². The second kappa shape index (κ2) is 8.70. The fraction of sp³-hybridized carbons (Fsp3) is 0.211. The van der Waals surface area contributed by atoms with Gasteiger partial charge in [0.1, 0.15) is 6.04 Å². The molecule has 0 spiro atoms. The zero-order valence-corrected chi connectivity index (χ0v) is 14.2. The molecule has 2 atom stereocenters. The molecule has 144 valence electrons. The zero-order chi connectivity index (χ0) is 20.0. The van der Waals surface area contributed by atoms with Gasteiger partial charge in [-0.15, -0.1) is 0 Å². The number of halogens is 3. The number of hydrazine groups is 1. The number of rotatable bonds is 8. The highest BCUT2D eigenvalue weighted by atomic mass is 19.4. The SMILES string of the molecule is C=C(CC(NNc1ccc(C(F)(F)F)cc1)C(=O)O)C(O)c1ccccc1. The first-order chi connectivity index (χ1) is 12.7. The molecule has 5 nitrogen and oxygen atoms in total. The number of hydrogen-bond donors (Lipinski definition) is 4. The monoisotopic (exact) mass is 380 g/mol. The van der Waals surface area contributed by atoms with E-state index in [1.54, 1.807) is 30.3 Å². The van der Waals surface area contributed by atoms with Gasteiger partial charge in [-0.1, -0.05) is 36.9 Å². The largest absolute Gasteiger partial charge is 0.480 e. The Kier molecular flexibility index (Phi) is 6.59. The number of nitrogens with one attached hydrogen (secondary N) is 2. The fourth-order valence-electron chi connectivity index (χ4n) is 2.36. The van der Waals surface area contributed by atoms with Gasteiger partial charge in [0.25, 0.3) is 0 Å². The molecule has 0 saturated heterocycles. The van der Waals surface area contributed by atoms with E-state index in [9.17, 15) is 28.2 Å². The number of hydrogen-bond acceptors (Lipinski definition) is 4. The number of aliphatic hydroxyl groups is 1. The quantitative estimate of drug-likeness (QED) is 0.414. The minimum atomic E-state index is -4.44. The highest BCUT2D eigenvalue weighted by Crippen LogP contribution is 2.29. The molecule has 0 aliphatic heterocycles. The number of alkyl halides is 3. The lowest BCUT2D eigenvalue weighted by molar-refractivity contribution is -0.139. The van der Waals surface area contributed by atoms with Crippen molar-refractivity contribution < 1.29 is 28.2 Å². The highest BCUT2D eigenvalue weighted by Gasteiger charge is 2.30. The number of aliphatic carboxylic acids is 1. The van der Waals surface area contributed by atoms with Crippen molar-refractivity contribution in [2.24, 2.45) is 0 Å². The summed E-state index contributed by atoms with van der Waals surface area (Å²) in [4.78, 5) is 11.4. The normalized spacial score (nSPS) is 13.6. The maximum atomic E-state index is 12.6. The van der Waals surface area contributed by atoms with Gasteiger partial charge in [-0.3, -0.25) is 4.79 Å². The van der Waals surface area contributed by atoms with E-state index in [2.05, 4.69) is 17.4 Å². The first-order valence-electron chi connectivity index (χ1n) is 8.00. The van der Waals surface area contributed by atoms with Crippen LogP contribution in [0.1, 0.15) is 23.7 Å². The maximum Gasteiger partial charge on any atom is 0.416 e. The molecule has 8 heteroatoms. The summed E-state index contributed by atoms with van der Waals surface area (Å²) in [5.41, 5.74) is 5.43.